The van der Waals surface area contributed by atoms with Gasteiger partial charge < -0.3 is 9.29 Å². The predicted molar refractivity (Wildman–Crippen MR) is 54.7 cm³/mol. The number of ether oxygens (including phenoxy) is 1. The number of rotatable bonds is 3. The van der Waals surface area contributed by atoms with E-state index in [-0.39, 0.29) is 15.6 Å². The molecule has 0 fully saturated rings. The van der Waals surface area contributed by atoms with Crippen molar-refractivity contribution in [2.24, 2.45) is 0 Å². The van der Waals surface area contributed by atoms with Gasteiger partial charge in [-0.25, -0.2) is 4.21 Å². The van der Waals surface area contributed by atoms with Gasteiger partial charge >= 0.3 is 0 Å². The van der Waals surface area contributed by atoms with Gasteiger partial charge in [0.05, 0.1) is 12.0 Å². The summed E-state index contributed by atoms with van der Waals surface area (Å²) in [6.07, 6.45) is 0. The molecule has 0 aliphatic carbocycles. The molecule has 0 amide bonds. The lowest BCUT2D eigenvalue weighted by Crippen LogP contribution is -2.00. The van der Waals surface area contributed by atoms with E-state index >= 15 is 0 Å². The first-order chi connectivity index (χ1) is 6.56. The molecule has 1 rings (SSSR count). The number of hydrogen-bond donors (Lipinski definition) is 2. The van der Waals surface area contributed by atoms with Gasteiger partial charge in [-0.15, -0.1) is 0 Å². The third-order valence-electron chi connectivity index (χ3n) is 1.61. The second-order valence-corrected chi connectivity index (χ2v) is 3.74. The lowest BCUT2D eigenvalue weighted by molar-refractivity contribution is 0.413. The molecule has 0 radical (unpaired) electrons. The average Bonchev–Trinajstić information content (AvgIpc) is 2.16. The zero-order valence-corrected chi connectivity index (χ0v) is 8.85. The second kappa shape index (κ2) is 4.54. The summed E-state index contributed by atoms with van der Waals surface area (Å²) in [5.41, 5.74) is 0.230. The Kier molecular flexibility index (Phi) is 3.62. The molecule has 14 heavy (non-hydrogen) atoms. The summed E-state index contributed by atoms with van der Waals surface area (Å²) in [5.74, 6) is 0.448. The lowest BCUT2D eigenvalue weighted by atomic mass is 10.2. The van der Waals surface area contributed by atoms with Gasteiger partial charge in [0.1, 0.15) is 10.9 Å². The van der Waals surface area contributed by atoms with Crippen LogP contribution in [0.3, 0.4) is 0 Å². The summed E-state index contributed by atoms with van der Waals surface area (Å²) in [6, 6.07) is 4.42. The summed E-state index contributed by atoms with van der Waals surface area (Å²) in [4.78, 5) is 0.0735. The van der Waals surface area contributed by atoms with E-state index in [4.69, 9.17) is 26.3 Å². The van der Waals surface area contributed by atoms with Gasteiger partial charge in [0.15, 0.2) is 11.1 Å². The highest BCUT2D eigenvalue weighted by Gasteiger charge is 2.11. The Hall–Kier alpha value is -0.910. The van der Waals surface area contributed by atoms with E-state index < -0.39 is 11.1 Å². The van der Waals surface area contributed by atoms with Gasteiger partial charge in [0.2, 0.25) is 0 Å². The van der Waals surface area contributed by atoms with Gasteiger partial charge in [0, 0.05) is 5.56 Å². The molecular formula is C8H8ClNO3S. The van der Waals surface area contributed by atoms with Crippen LogP contribution in [-0.4, -0.2) is 21.0 Å². The maximum atomic E-state index is 10.9. The third-order valence-corrected chi connectivity index (χ3v) is 2.53. The molecule has 6 heteroatoms. The fourth-order valence-electron chi connectivity index (χ4n) is 0.955. The van der Waals surface area contributed by atoms with Gasteiger partial charge in [0.25, 0.3) is 0 Å². The molecule has 0 heterocycles. The minimum atomic E-state index is -2.18. The fraction of sp³-hybridized carbons (Fsp3) is 0.125. The first-order valence-corrected chi connectivity index (χ1v) is 5.08. The Labute approximate surface area is 88.6 Å². The van der Waals surface area contributed by atoms with Crippen molar-refractivity contribution in [3.05, 3.63) is 23.8 Å². The van der Waals surface area contributed by atoms with E-state index in [1.165, 1.54) is 19.2 Å². The number of benzene rings is 1. The maximum absolute atomic E-state index is 10.9. The molecule has 0 saturated carbocycles. The SMILES string of the molecule is COc1ccc(C(=N)Cl)c(S(=O)O)c1. The molecule has 1 aromatic carbocycles. The quantitative estimate of drug-likeness (QED) is 0.618. The van der Waals surface area contributed by atoms with Crippen molar-refractivity contribution in [1.82, 2.24) is 0 Å². The number of halogens is 1. The van der Waals surface area contributed by atoms with Crippen LogP contribution in [0.2, 0.25) is 0 Å². The smallest absolute Gasteiger partial charge is 0.187 e. The molecule has 0 aromatic heterocycles. The fourth-order valence-corrected chi connectivity index (χ4v) is 1.75. The molecule has 1 unspecified atom stereocenters. The molecule has 1 aromatic rings. The Bertz CT molecular complexity index is 394. The van der Waals surface area contributed by atoms with Gasteiger partial charge in [-0.3, -0.25) is 5.41 Å². The molecule has 4 nitrogen and oxygen atoms in total. The summed E-state index contributed by atoms with van der Waals surface area (Å²) >= 11 is 3.27. The van der Waals surface area contributed by atoms with Crippen molar-refractivity contribution in [2.75, 3.05) is 7.11 Å². The standard InChI is InChI=1S/C8H8ClNO3S/c1-13-5-2-3-6(8(9)10)7(4-5)14(11)12/h2-4,10H,1H3,(H,11,12). The van der Waals surface area contributed by atoms with Crippen LogP contribution in [0.5, 0.6) is 5.75 Å². The summed E-state index contributed by atoms with van der Waals surface area (Å²) in [7, 11) is 1.45. The molecule has 1 atom stereocenters. The highest BCUT2D eigenvalue weighted by molar-refractivity contribution is 7.79. The largest absolute Gasteiger partial charge is 0.497 e. The highest BCUT2D eigenvalue weighted by Crippen LogP contribution is 2.21. The molecule has 2 N–H and O–H groups in total. The molecule has 0 spiro atoms. The zero-order valence-electron chi connectivity index (χ0n) is 7.28. The van der Waals surface area contributed by atoms with Crippen molar-refractivity contribution in [3.63, 3.8) is 0 Å². The summed E-state index contributed by atoms with van der Waals surface area (Å²) in [6.45, 7) is 0. The molecule has 0 aliphatic rings. The van der Waals surface area contributed by atoms with E-state index in [0.717, 1.165) is 0 Å². The van der Waals surface area contributed by atoms with E-state index in [1.54, 1.807) is 6.07 Å². The van der Waals surface area contributed by atoms with Crippen LogP contribution in [0.25, 0.3) is 0 Å². The molecular weight excluding hydrogens is 226 g/mol. The minimum Gasteiger partial charge on any atom is -0.497 e. The second-order valence-electron chi connectivity index (χ2n) is 2.43. The van der Waals surface area contributed by atoms with Crippen LogP contribution < -0.4 is 4.74 Å². The average molecular weight is 234 g/mol. The normalized spacial score (nSPS) is 12.2. The van der Waals surface area contributed by atoms with Crippen LogP contribution in [0.1, 0.15) is 5.56 Å². The Morgan fingerprint density at radius 3 is 2.71 bits per heavy atom. The lowest BCUT2D eigenvalue weighted by Gasteiger charge is -2.05. The van der Waals surface area contributed by atoms with Crippen LogP contribution in [0.4, 0.5) is 0 Å². The summed E-state index contributed by atoms with van der Waals surface area (Å²) in [5, 5.41) is 6.90. The summed E-state index contributed by atoms with van der Waals surface area (Å²) < 4.78 is 24.7. The minimum absolute atomic E-state index is 0.0735. The molecule has 0 saturated heterocycles. The van der Waals surface area contributed by atoms with Crippen LogP contribution in [0.15, 0.2) is 23.1 Å². The third kappa shape index (κ3) is 2.31. The molecule has 0 bridgehead atoms. The number of hydrogen-bond acceptors (Lipinski definition) is 3. The Morgan fingerprint density at radius 2 is 2.29 bits per heavy atom. The van der Waals surface area contributed by atoms with Gasteiger partial charge in [-0.05, 0) is 18.2 Å². The van der Waals surface area contributed by atoms with Crippen LogP contribution in [0, 0.1) is 5.41 Å². The van der Waals surface area contributed by atoms with E-state index in [9.17, 15) is 4.21 Å². The Balaban J connectivity index is 3.31. The number of nitrogens with one attached hydrogen (secondary N) is 1. The van der Waals surface area contributed by atoms with Crippen molar-refractivity contribution >= 4 is 27.9 Å². The zero-order chi connectivity index (χ0) is 10.7. The highest BCUT2D eigenvalue weighted by atomic mass is 35.5. The number of methoxy groups -OCH3 is 1. The maximum Gasteiger partial charge on any atom is 0.187 e. The molecule has 76 valence electrons. The predicted octanol–water partition coefficient (Wildman–Crippen LogP) is 1.84. The first-order valence-electron chi connectivity index (χ1n) is 3.59. The van der Waals surface area contributed by atoms with Crippen LogP contribution in [-0.2, 0) is 11.1 Å². The topological polar surface area (TPSA) is 70.4 Å². The van der Waals surface area contributed by atoms with E-state index in [1.807, 2.05) is 0 Å². The van der Waals surface area contributed by atoms with E-state index in [0.29, 0.717) is 5.75 Å². The van der Waals surface area contributed by atoms with Crippen molar-refractivity contribution in [3.8, 4) is 5.75 Å². The van der Waals surface area contributed by atoms with Crippen molar-refractivity contribution in [1.29, 1.82) is 5.41 Å². The van der Waals surface area contributed by atoms with Gasteiger partial charge in [-0.2, -0.15) is 0 Å². The first kappa shape index (κ1) is 11.2. The molecule has 0 aliphatic heterocycles. The van der Waals surface area contributed by atoms with Crippen LogP contribution >= 0.6 is 11.6 Å². The van der Waals surface area contributed by atoms with E-state index in [2.05, 4.69) is 0 Å². The van der Waals surface area contributed by atoms with Gasteiger partial charge in [-0.1, -0.05) is 11.6 Å². The Morgan fingerprint density at radius 1 is 1.64 bits per heavy atom. The monoisotopic (exact) mass is 233 g/mol. The van der Waals surface area contributed by atoms with Crippen molar-refractivity contribution < 1.29 is 13.5 Å². The van der Waals surface area contributed by atoms with Crippen molar-refractivity contribution in [2.45, 2.75) is 4.90 Å².